The predicted octanol–water partition coefficient (Wildman–Crippen LogP) is 0.976. The van der Waals surface area contributed by atoms with Crippen molar-refractivity contribution in [1.29, 1.82) is 0 Å². The Balaban J connectivity index is 1.89. The molecule has 0 saturated carbocycles. The molecule has 6 heteroatoms. The summed E-state index contributed by atoms with van der Waals surface area (Å²) in [5.74, 6) is -0.0412. The summed E-state index contributed by atoms with van der Waals surface area (Å²) < 4.78 is 8.77. The molecule has 1 aromatic carbocycles. The van der Waals surface area contributed by atoms with Gasteiger partial charge in [-0.2, -0.15) is 0 Å². The fourth-order valence-electron chi connectivity index (χ4n) is 3.13. The van der Waals surface area contributed by atoms with E-state index in [-0.39, 0.29) is 30.3 Å². The average molecular weight is 303 g/mol. The molecule has 6 nitrogen and oxygen atoms in total. The Hall–Kier alpha value is -2.08. The van der Waals surface area contributed by atoms with Gasteiger partial charge in [0.05, 0.1) is 23.2 Å². The van der Waals surface area contributed by atoms with Crippen LogP contribution < -0.4 is 5.69 Å². The van der Waals surface area contributed by atoms with Crippen molar-refractivity contribution in [2.24, 2.45) is 7.05 Å². The maximum Gasteiger partial charge on any atom is 0.329 e. The van der Waals surface area contributed by atoms with E-state index < -0.39 is 0 Å². The summed E-state index contributed by atoms with van der Waals surface area (Å²) in [6.07, 6.45) is 0.0499. The maximum atomic E-state index is 12.6. The Morgan fingerprint density at radius 2 is 1.77 bits per heavy atom. The van der Waals surface area contributed by atoms with Crippen LogP contribution in [0.4, 0.5) is 0 Å². The molecule has 0 bridgehead atoms. The molecule has 1 aliphatic heterocycles. The zero-order chi connectivity index (χ0) is 15.9. The third-order valence-corrected chi connectivity index (χ3v) is 4.12. The number of hydrogen-bond acceptors (Lipinski definition) is 3. The van der Waals surface area contributed by atoms with E-state index in [1.165, 1.54) is 0 Å². The molecule has 0 radical (unpaired) electrons. The Morgan fingerprint density at radius 1 is 1.18 bits per heavy atom. The number of benzene rings is 1. The number of carbonyl (C=O) groups is 1. The number of aromatic nitrogens is 2. The van der Waals surface area contributed by atoms with Crippen molar-refractivity contribution in [3.8, 4) is 0 Å². The Kier molecular flexibility index (Phi) is 3.78. The van der Waals surface area contributed by atoms with Gasteiger partial charge in [-0.05, 0) is 26.0 Å². The summed E-state index contributed by atoms with van der Waals surface area (Å²) in [5, 5.41) is 0. The highest BCUT2D eigenvalue weighted by Crippen LogP contribution is 2.14. The van der Waals surface area contributed by atoms with E-state index in [1.54, 1.807) is 21.1 Å². The second-order valence-corrected chi connectivity index (χ2v) is 5.97. The van der Waals surface area contributed by atoms with Crippen molar-refractivity contribution in [3.05, 3.63) is 34.7 Å². The van der Waals surface area contributed by atoms with E-state index in [9.17, 15) is 9.59 Å². The highest BCUT2D eigenvalue weighted by atomic mass is 16.5. The third kappa shape index (κ3) is 2.54. The minimum absolute atomic E-state index is 0.0249. The normalized spacial score (nSPS) is 22.2. The minimum Gasteiger partial charge on any atom is -0.372 e. The van der Waals surface area contributed by atoms with Gasteiger partial charge in [-0.25, -0.2) is 4.79 Å². The van der Waals surface area contributed by atoms with Crippen LogP contribution in [0.3, 0.4) is 0 Å². The average Bonchev–Trinajstić information content (AvgIpc) is 2.72. The molecule has 0 N–H and O–H groups in total. The summed E-state index contributed by atoms with van der Waals surface area (Å²) in [5.41, 5.74) is 1.46. The molecule has 1 amide bonds. The van der Waals surface area contributed by atoms with E-state index in [0.717, 1.165) is 11.0 Å². The first-order valence-corrected chi connectivity index (χ1v) is 7.55. The molecule has 1 aromatic heterocycles. The molecule has 2 unspecified atom stereocenters. The lowest BCUT2D eigenvalue weighted by molar-refractivity contribution is -0.143. The fourth-order valence-corrected chi connectivity index (χ4v) is 3.13. The van der Waals surface area contributed by atoms with E-state index in [2.05, 4.69) is 0 Å². The van der Waals surface area contributed by atoms with Gasteiger partial charge in [0, 0.05) is 20.1 Å². The van der Waals surface area contributed by atoms with Crippen LogP contribution in [-0.2, 0) is 23.1 Å². The summed E-state index contributed by atoms with van der Waals surface area (Å²) in [4.78, 5) is 26.7. The molecular formula is C16H21N3O3. The first-order chi connectivity index (χ1) is 10.5. The number of ether oxygens (including phenoxy) is 1. The minimum atomic E-state index is -0.163. The predicted molar refractivity (Wildman–Crippen MR) is 83.8 cm³/mol. The van der Waals surface area contributed by atoms with Crippen molar-refractivity contribution in [2.75, 3.05) is 13.1 Å². The van der Waals surface area contributed by atoms with Gasteiger partial charge in [0.25, 0.3) is 0 Å². The molecular weight excluding hydrogens is 282 g/mol. The number of fused-ring (bicyclic) bond motifs is 1. The first kappa shape index (κ1) is 14.8. The lowest BCUT2D eigenvalue weighted by atomic mass is 10.2. The molecule has 3 rings (SSSR count). The summed E-state index contributed by atoms with van der Waals surface area (Å²) in [6.45, 7) is 5.13. The van der Waals surface area contributed by atoms with E-state index in [0.29, 0.717) is 13.1 Å². The SMILES string of the molecule is CC1CN(C(=O)Cn2c(=O)n(C)c3ccccc32)CC(C)O1. The lowest BCUT2D eigenvalue weighted by Crippen LogP contribution is -2.49. The van der Waals surface area contributed by atoms with Crippen LogP contribution in [0.15, 0.2) is 29.1 Å². The maximum absolute atomic E-state index is 12.6. The lowest BCUT2D eigenvalue weighted by Gasteiger charge is -2.35. The molecule has 2 aromatic rings. The van der Waals surface area contributed by atoms with Crippen molar-refractivity contribution in [1.82, 2.24) is 14.0 Å². The zero-order valence-corrected chi connectivity index (χ0v) is 13.2. The van der Waals surface area contributed by atoms with Crippen LogP contribution in [-0.4, -0.2) is 45.2 Å². The molecule has 2 atom stereocenters. The largest absolute Gasteiger partial charge is 0.372 e. The van der Waals surface area contributed by atoms with Crippen LogP contribution in [0.1, 0.15) is 13.8 Å². The van der Waals surface area contributed by atoms with Gasteiger partial charge in [0.2, 0.25) is 5.91 Å². The zero-order valence-electron chi connectivity index (χ0n) is 13.2. The number of aryl methyl sites for hydroxylation is 1. The van der Waals surface area contributed by atoms with Gasteiger partial charge in [-0.3, -0.25) is 13.9 Å². The Labute approximate surface area is 128 Å². The second-order valence-electron chi connectivity index (χ2n) is 5.97. The van der Waals surface area contributed by atoms with E-state index in [1.807, 2.05) is 38.1 Å². The van der Waals surface area contributed by atoms with Gasteiger partial charge >= 0.3 is 5.69 Å². The molecule has 1 fully saturated rings. The number of nitrogens with zero attached hydrogens (tertiary/aromatic N) is 3. The van der Waals surface area contributed by atoms with Crippen LogP contribution in [0.5, 0.6) is 0 Å². The smallest absolute Gasteiger partial charge is 0.329 e. The number of imidazole rings is 1. The highest BCUT2D eigenvalue weighted by molar-refractivity contribution is 5.81. The molecule has 0 aliphatic carbocycles. The number of amides is 1. The molecule has 1 aliphatic rings. The molecule has 2 heterocycles. The summed E-state index contributed by atoms with van der Waals surface area (Å²) in [7, 11) is 1.73. The van der Waals surface area contributed by atoms with Gasteiger partial charge in [-0.1, -0.05) is 12.1 Å². The summed E-state index contributed by atoms with van der Waals surface area (Å²) >= 11 is 0. The third-order valence-electron chi connectivity index (χ3n) is 4.12. The van der Waals surface area contributed by atoms with Crippen molar-refractivity contribution in [2.45, 2.75) is 32.6 Å². The van der Waals surface area contributed by atoms with Crippen molar-refractivity contribution >= 4 is 16.9 Å². The Morgan fingerprint density at radius 3 is 2.41 bits per heavy atom. The number of morpholine rings is 1. The van der Waals surface area contributed by atoms with Gasteiger partial charge < -0.3 is 9.64 Å². The van der Waals surface area contributed by atoms with Crippen LogP contribution in [0.2, 0.25) is 0 Å². The fraction of sp³-hybridized carbons (Fsp3) is 0.500. The van der Waals surface area contributed by atoms with Gasteiger partial charge in [-0.15, -0.1) is 0 Å². The van der Waals surface area contributed by atoms with Crippen LogP contribution >= 0.6 is 0 Å². The molecule has 22 heavy (non-hydrogen) atoms. The van der Waals surface area contributed by atoms with Crippen molar-refractivity contribution in [3.63, 3.8) is 0 Å². The van der Waals surface area contributed by atoms with Gasteiger partial charge in [0.1, 0.15) is 6.54 Å². The second kappa shape index (κ2) is 5.61. The Bertz CT molecular complexity index is 752. The molecule has 1 saturated heterocycles. The van der Waals surface area contributed by atoms with Crippen LogP contribution in [0, 0.1) is 0 Å². The van der Waals surface area contributed by atoms with E-state index >= 15 is 0 Å². The summed E-state index contributed by atoms with van der Waals surface area (Å²) in [6, 6.07) is 7.52. The number of rotatable bonds is 2. The number of hydrogen-bond donors (Lipinski definition) is 0. The molecule has 0 spiro atoms. The molecule has 118 valence electrons. The number of para-hydroxylation sites is 2. The topological polar surface area (TPSA) is 56.5 Å². The van der Waals surface area contributed by atoms with E-state index in [4.69, 9.17) is 4.74 Å². The van der Waals surface area contributed by atoms with Crippen LogP contribution in [0.25, 0.3) is 11.0 Å². The van der Waals surface area contributed by atoms with Crippen molar-refractivity contribution < 1.29 is 9.53 Å². The first-order valence-electron chi connectivity index (χ1n) is 7.55. The van der Waals surface area contributed by atoms with Gasteiger partial charge in [0.15, 0.2) is 0 Å². The quantitative estimate of drug-likeness (QED) is 0.831. The number of carbonyl (C=O) groups excluding carboxylic acids is 1. The standard InChI is InChI=1S/C16H21N3O3/c1-11-8-18(9-12(2)22-11)15(20)10-19-14-7-5-4-6-13(14)17(3)16(19)21/h4-7,11-12H,8-10H2,1-3H3. The highest BCUT2D eigenvalue weighted by Gasteiger charge is 2.26. The monoisotopic (exact) mass is 303 g/mol.